The first-order chi connectivity index (χ1) is 14.6. The van der Waals surface area contributed by atoms with E-state index >= 15 is 0 Å². The summed E-state index contributed by atoms with van der Waals surface area (Å²) in [4.78, 5) is 17.3. The second-order valence-electron chi connectivity index (χ2n) is 8.02. The van der Waals surface area contributed by atoms with E-state index in [2.05, 4.69) is 34.4 Å². The van der Waals surface area contributed by atoms with E-state index in [1.54, 1.807) is 15.7 Å². The number of rotatable bonds is 2. The van der Waals surface area contributed by atoms with E-state index in [9.17, 15) is 4.79 Å². The molecular formula is C24H25N5O. The van der Waals surface area contributed by atoms with Gasteiger partial charge in [0.25, 0.3) is 5.91 Å². The molecule has 1 amide bonds. The van der Waals surface area contributed by atoms with Crippen LogP contribution in [-0.4, -0.2) is 51.2 Å². The first kappa shape index (κ1) is 18.6. The summed E-state index contributed by atoms with van der Waals surface area (Å²) >= 11 is 0. The maximum Gasteiger partial charge on any atom is 0.255 e. The number of carbonyl (C=O) groups is 1. The molecule has 3 aliphatic rings. The van der Waals surface area contributed by atoms with Crippen LogP contribution < -0.4 is 5.32 Å². The summed E-state index contributed by atoms with van der Waals surface area (Å²) in [6.45, 7) is 5.01. The highest BCUT2D eigenvalue weighted by molar-refractivity contribution is 6.00. The molecule has 1 atom stereocenters. The molecule has 0 saturated carbocycles. The van der Waals surface area contributed by atoms with E-state index in [1.165, 1.54) is 0 Å². The van der Waals surface area contributed by atoms with Crippen molar-refractivity contribution in [3.05, 3.63) is 84.0 Å². The maximum atomic E-state index is 13.2. The van der Waals surface area contributed by atoms with Crippen molar-refractivity contribution in [1.29, 1.82) is 0 Å². The Kier molecular flexibility index (Phi) is 4.64. The Morgan fingerprint density at radius 3 is 2.90 bits per heavy atom. The van der Waals surface area contributed by atoms with Gasteiger partial charge in [0.1, 0.15) is 0 Å². The zero-order valence-corrected chi connectivity index (χ0v) is 17.2. The van der Waals surface area contributed by atoms with Gasteiger partial charge in [-0.1, -0.05) is 18.2 Å². The van der Waals surface area contributed by atoms with Gasteiger partial charge in [-0.25, -0.2) is 0 Å². The summed E-state index contributed by atoms with van der Waals surface area (Å²) in [5.74, 6) is -0.0445. The van der Waals surface area contributed by atoms with Gasteiger partial charge in [-0.3, -0.25) is 14.4 Å². The lowest BCUT2D eigenvalue weighted by Crippen LogP contribution is -2.48. The van der Waals surface area contributed by atoms with Gasteiger partial charge < -0.3 is 10.2 Å². The molecule has 152 valence electrons. The number of piperazine rings is 1. The molecule has 0 aliphatic carbocycles. The van der Waals surface area contributed by atoms with Crippen LogP contribution in [0.5, 0.6) is 0 Å². The second-order valence-corrected chi connectivity index (χ2v) is 8.02. The molecule has 30 heavy (non-hydrogen) atoms. The standard InChI is InChI=1S/C24H25N5O/c1-17-14-28(11-10-25-17)22-8-7-21-5-3-4-18(13-24(30)29(21)16-22)19-6-9-23-20(12-19)15-27(2)26-23/h3-9,12-13,15-17,25H,10-11,14H2,1-2H3/b4-3+,18-13+,21-5+/t17-/m0/s1. The summed E-state index contributed by atoms with van der Waals surface area (Å²) in [7, 11) is 1.91. The SMILES string of the molecule is C[C@H]1CN(C2=CN3C(=O)\C=C(c4ccc5nn(C)cc5c4)/C=C/C=C/3C=C2)CCN1. The number of aromatic nitrogens is 2. The van der Waals surface area contributed by atoms with Gasteiger partial charge in [-0.15, -0.1) is 0 Å². The number of hydrogen-bond donors (Lipinski definition) is 1. The fraction of sp³-hybridized carbons (Fsp3) is 0.250. The van der Waals surface area contributed by atoms with Gasteiger partial charge >= 0.3 is 0 Å². The average molecular weight is 399 g/mol. The highest BCUT2D eigenvalue weighted by Crippen LogP contribution is 2.26. The number of allylic oxidation sites excluding steroid dienone is 6. The molecule has 1 saturated heterocycles. The number of hydrogen-bond acceptors (Lipinski definition) is 4. The first-order valence-electron chi connectivity index (χ1n) is 10.3. The van der Waals surface area contributed by atoms with E-state index in [-0.39, 0.29) is 5.91 Å². The number of fused-ring (bicyclic) bond motifs is 2. The fourth-order valence-electron chi connectivity index (χ4n) is 4.19. The lowest BCUT2D eigenvalue weighted by atomic mass is 10.0. The van der Waals surface area contributed by atoms with Crippen molar-refractivity contribution < 1.29 is 4.79 Å². The van der Waals surface area contributed by atoms with E-state index in [1.807, 2.05) is 55.9 Å². The van der Waals surface area contributed by atoms with E-state index in [0.29, 0.717) is 6.04 Å². The van der Waals surface area contributed by atoms with Crippen LogP contribution in [-0.2, 0) is 11.8 Å². The van der Waals surface area contributed by atoms with Crippen molar-refractivity contribution >= 4 is 22.4 Å². The smallest absolute Gasteiger partial charge is 0.255 e. The predicted octanol–water partition coefficient (Wildman–Crippen LogP) is 2.94. The highest BCUT2D eigenvalue weighted by atomic mass is 16.2. The Hall–Kier alpha value is -3.38. The number of benzene rings is 1. The predicted molar refractivity (Wildman–Crippen MR) is 119 cm³/mol. The largest absolute Gasteiger partial charge is 0.368 e. The van der Waals surface area contributed by atoms with Gasteiger partial charge in [0.05, 0.1) is 11.2 Å². The summed E-state index contributed by atoms with van der Waals surface area (Å²) in [5, 5.41) is 8.95. The fourth-order valence-corrected chi connectivity index (χ4v) is 4.19. The minimum atomic E-state index is -0.0445. The molecule has 2 aromatic rings. The van der Waals surface area contributed by atoms with Crippen LogP contribution in [0, 0.1) is 0 Å². The third-order valence-corrected chi connectivity index (χ3v) is 5.71. The van der Waals surface area contributed by atoms with Crippen LogP contribution in [0.15, 0.2) is 78.4 Å². The molecule has 1 N–H and O–H groups in total. The number of amides is 1. The van der Waals surface area contributed by atoms with Crippen molar-refractivity contribution in [3.63, 3.8) is 0 Å². The van der Waals surface area contributed by atoms with Crippen molar-refractivity contribution in [2.45, 2.75) is 13.0 Å². The molecular weight excluding hydrogens is 374 g/mol. The Morgan fingerprint density at radius 2 is 2.03 bits per heavy atom. The summed E-state index contributed by atoms with van der Waals surface area (Å²) in [5.41, 5.74) is 4.79. The third kappa shape index (κ3) is 3.50. The quantitative estimate of drug-likeness (QED) is 0.844. The van der Waals surface area contributed by atoms with Gasteiger partial charge in [0.15, 0.2) is 0 Å². The van der Waals surface area contributed by atoms with Gasteiger partial charge in [0, 0.05) is 62.3 Å². The lowest BCUT2D eigenvalue weighted by Gasteiger charge is -2.36. The third-order valence-electron chi connectivity index (χ3n) is 5.71. The minimum absolute atomic E-state index is 0.0445. The zero-order valence-electron chi connectivity index (χ0n) is 17.2. The van der Waals surface area contributed by atoms with Crippen molar-refractivity contribution in [2.75, 3.05) is 19.6 Å². The molecule has 1 fully saturated rings. The van der Waals surface area contributed by atoms with Crippen LogP contribution in [0.1, 0.15) is 12.5 Å². The van der Waals surface area contributed by atoms with E-state index < -0.39 is 0 Å². The molecule has 0 unspecified atom stereocenters. The Labute approximate surface area is 176 Å². The number of carbonyl (C=O) groups excluding carboxylic acids is 1. The maximum absolute atomic E-state index is 13.2. The van der Waals surface area contributed by atoms with Crippen LogP contribution in [0.4, 0.5) is 0 Å². The Balaban J connectivity index is 1.47. The molecule has 5 rings (SSSR count). The number of nitrogens with one attached hydrogen (secondary N) is 1. The highest BCUT2D eigenvalue weighted by Gasteiger charge is 2.23. The average Bonchev–Trinajstić information content (AvgIpc) is 3.11. The van der Waals surface area contributed by atoms with Crippen LogP contribution in [0.2, 0.25) is 0 Å². The van der Waals surface area contributed by atoms with Crippen LogP contribution >= 0.6 is 0 Å². The Bertz CT molecular complexity index is 1160. The lowest BCUT2D eigenvalue weighted by molar-refractivity contribution is -0.122. The monoisotopic (exact) mass is 399 g/mol. The number of aryl methyl sites for hydroxylation is 1. The molecule has 6 heteroatoms. The van der Waals surface area contributed by atoms with E-state index in [0.717, 1.165) is 53.1 Å². The second kappa shape index (κ2) is 7.46. The van der Waals surface area contributed by atoms with Crippen molar-refractivity contribution in [1.82, 2.24) is 24.9 Å². The van der Waals surface area contributed by atoms with Gasteiger partial charge in [0.2, 0.25) is 0 Å². The molecule has 0 radical (unpaired) electrons. The van der Waals surface area contributed by atoms with Crippen molar-refractivity contribution in [2.24, 2.45) is 7.05 Å². The molecule has 3 aliphatic heterocycles. The van der Waals surface area contributed by atoms with Gasteiger partial charge in [-0.05, 0) is 48.4 Å². The zero-order chi connectivity index (χ0) is 20.7. The van der Waals surface area contributed by atoms with Crippen LogP contribution in [0.3, 0.4) is 0 Å². The van der Waals surface area contributed by atoms with Crippen LogP contribution in [0.25, 0.3) is 16.5 Å². The summed E-state index contributed by atoms with van der Waals surface area (Å²) < 4.78 is 1.81. The summed E-state index contributed by atoms with van der Waals surface area (Å²) in [6.07, 6.45) is 15.8. The molecule has 6 nitrogen and oxygen atoms in total. The van der Waals surface area contributed by atoms with E-state index in [4.69, 9.17) is 0 Å². The Morgan fingerprint density at radius 1 is 1.17 bits per heavy atom. The minimum Gasteiger partial charge on any atom is -0.368 e. The summed E-state index contributed by atoms with van der Waals surface area (Å²) in [6, 6.07) is 6.53. The van der Waals surface area contributed by atoms with Crippen molar-refractivity contribution in [3.8, 4) is 0 Å². The topological polar surface area (TPSA) is 53.4 Å². The molecule has 1 aromatic heterocycles. The molecule has 0 spiro atoms. The normalized spacial score (nSPS) is 26.3. The molecule has 0 bridgehead atoms. The molecule has 4 heterocycles. The van der Waals surface area contributed by atoms with Gasteiger partial charge in [-0.2, -0.15) is 5.10 Å². The number of nitrogens with zero attached hydrogens (tertiary/aromatic N) is 4. The molecule has 1 aromatic carbocycles. The first-order valence-corrected chi connectivity index (χ1v) is 10.3.